The predicted octanol–water partition coefficient (Wildman–Crippen LogP) is 1.91. The van der Waals surface area contributed by atoms with Gasteiger partial charge in [0.1, 0.15) is 12.1 Å². The molecule has 5 nitrogen and oxygen atoms in total. The number of hydrogen-bond acceptors (Lipinski definition) is 3. The number of alkyl carbamates (subject to hydrolysis) is 1. The van der Waals surface area contributed by atoms with Gasteiger partial charge in [0, 0.05) is 13.1 Å². The van der Waals surface area contributed by atoms with E-state index in [0.717, 1.165) is 25.9 Å². The average Bonchev–Trinajstić information content (AvgIpc) is 3.04. The summed E-state index contributed by atoms with van der Waals surface area (Å²) in [4.78, 5) is 25.3. The molecule has 1 saturated heterocycles. The summed E-state index contributed by atoms with van der Waals surface area (Å²) in [6.45, 7) is 7.09. The van der Waals surface area contributed by atoms with Crippen molar-refractivity contribution < 1.29 is 14.3 Å². The van der Waals surface area contributed by atoms with Crippen LogP contribution in [-0.4, -0.2) is 42.1 Å². The zero-order valence-corrected chi connectivity index (χ0v) is 12.1. The molecule has 1 N–H and O–H groups in total. The summed E-state index contributed by atoms with van der Waals surface area (Å²) in [6.07, 6.45) is 4.35. The molecule has 0 aromatic heterocycles. The lowest BCUT2D eigenvalue weighted by Crippen LogP contribution is -2.45. The van der Waals surface area contributed by atoms with Crippen LogP contribution in [0.2, 0.25) is 0 Å². The number of likely N-dealkylation sites (tertiary alicyclic amines) is 1. The quantitative estimate of drug-likeness (QED) is 0.832. The van der Waals surface area contributed by atoms with Crippen LogP contribution in [0.25, 0.3) is 0 Å². The van der Waals surface area contributed by atoms with E-state index in [1.54, 1.807) is 20.8 Å². The van der Waals surface area contributed by atoms with E-state index in [1.165, 1.54) is 12.8 Å². The third kappa shape index (κ3) is 4.11. The normalized spacial score (nSPS) is 21.1. The highest BCUT2D eigenvalue weighted by Crippen LogP contribution is 2.53. The highest BCUT2D eigenvalue weighted by molar-refractivity contribution is 5.82. The van der Waals surface area contributed by atoms with E-state index in [0.29, 0.717) is 5.41 Å². The van der Waals surface area contributed by atoms with Crippen LogP contribution in [0, 0.1) is 5.41 Å². The molecule has 108 valence electrons. The molecule has 0 aromatic rings. The first-order chi connectivity index (χ1) is 8.80. The van der Waals surface area contributed by atoms with Crippen molar-refractivity contribution in [3.8, 4) is 0 Å². The second-order valence-corrected chi connectivity index (χ2v) is 6.74. The molecule has 1 spiro atoms. The Morgan fingerprint density at radius 3 is 2.21 bits per heavy atom. The van der Waals surface area contributed by atoms with E-state index in [4.69, 9.17) is 4.74 Å². The summed E-state index contributed by atoms with van der Waals surface area (Å²) in [5.74, 6) is -0.0126. The van der Waals surface area contributed by atoms with Crippen molar-refractivity contribution in [2.45, 2.75) is 52.1 Å². The van der Waals surface area contributed by atoms with Crippen molar-refractivity contribution in [3.63, 3.8) is 0 Å². The maximum atomic E-state index is 12.0. The molecule has 0 aromatic carbocycles. The number of ether oxygens (including phenoxy) is 1. The molecule has 1 saturated carbocycles. The maximum absolute atomic E-state index is 12.0. The van der Waals surface area contributed by atoms with E-state index in [-0.39, 0.29) is 12.5 Å². The monoisotopic (exact) mass is 268 g/mol. The predicted molar refractivity (Wildman–Crippen MR) is 71.7 cm³/mol. The fraction of sp³-hybridized carbons (Fsp3) is 0.857. The number of piperidine rings is 1. The van der Waals surface area contributed by atoms with Gasteiger partial charge < -0.3 is 15.0 Å². The second kappa shape index (κ2) is 5.02. The van der Waals surface area contributed by atoms with Gasteiger partial charge in [-0.25, -0.2) is 4.79 Å². The Bertz CT molecular complexity index is 359. The van der Waals surface area contributed by atoms with E-state index in [2.05, 4.69) is 5.32 Å². The van der Waals surface area contributed by atoms with Crippen molar-refractivity contribution in [2.24, 2.45) is 5.41 Å². The molecule has 1 heterocycles. The van der Waals surface area contributed by atoms with Gasteiger partial charge in [0.25, 0.3) is 0 Å². The van der Waals surface area contributed by atoms with E-state index < -0.39 is 11.7 Å². The van der Waals surface area contributed by atoms with Crippen molar-refractivity contribution in [1.82, 2.24) is 10.2 Å². The van der Waals surface area contributed by atoms with Gasteiger partial charge in [-0.3, -0.25) is 4.79 Å². The van der Waals surface area contributed by atoms with Gasteiger partial charge >= 0.3 is 6.09 Å². The van der Waals surface area contributed by atoms with Gasteiger partial charge in [-0.05, 0) is 51.9 Å². The topological polar surface area (TPSA) is 58.6 Å². The number of nitrogens with one attached hydrogen (secondary N) is 1. The van der Waals surface area contributed by atoms with E-state index >= 15 is 0 Å². The van der Waals surface area contributed by atoms with Crippen LogP contribution < -0.4 is 5.32 Å². The highest BCUT2D eigenvalue weighted by Gasteiger charge is 2.44. The lowest BCUT2D eigenvalue weighted by atomic mass is 9.94. The molecule has 19 heavy (non-hydrogen) atoms. The van der Waals surface area contributed by atoms with Crippen LogP contribution >= 0.6 is 0 Å². The zero-order chi connectivity index (χ0) is 14.1. The largest absolute Gasteiger partial charge is 0.444 e. The molecule has 2 rings (SSSR count). The Morgan fingerprint density at radius 1 is 1.16 bits per heavy atom. The van der Waals surface area contributed by atoms with Crippen LogP contribution in [0.5, 0.6) is 0 Å². The first kappa shape index (κ1) is 14.2. The molecule has 2 fully saturated rings. The Hall–Kier alpha value is -1.26. The van der Waals surface area contributed by atoms with Crippen molar-refractivity contribution in [2.75, 3.05) is 19.6 Å². The first-order valence-electron chi connectivity index (χ1n) is 7.04. The van der Waals surface area contributed by atoms with Crippen molar-refractivity contribution >= 4 is 12.0 Å². The molecule has 2 aliphatic rings. The van der Waals surface area contributed by atoms with Crippen LogP contribution in [0.1, 0.15) is 46.5 Å². The number of rotatable bonds is 2. The number of carbonyl (C=O) groups excluding carboxylic acids is 2. The minimum atomic E-state index is -0.531. The molecule has 0 radical (unpaired) electrons. The molecule has 2 amide bonds. The van der Waals surface area contributed by atoms with Crippen LogP contribution in [0.4, 0.5) is 4.79 Å². The highest BCUT2D eigenvalue weighted by atomic mass is 16.6. The number of carbonyl (C=O) groups is 2. The molecule has 5 heteroatoms. The van der Waals surface area contributed by atoms with E-state index in [1.807, 2.05) is 4.90 Å². The van der Waals surface area contributed by atoms with Gasteiger partial charge in [-0.15, -0.1) is 0 Å². The maximum Gasteiger partial charge on any atom is 0.408 e. The second-order valence-electron chi connectivity index (χ2n) is 6.74. The molecular weight excluding hydrogens is 244 g/mol. The van der Waals surface area contributed by atoms with Crippen LogP contribution in [0.3, 0.4) is 0 Å². The van der Waals surface area contributed by atoms with Gasteiger partial charge in [-0.1, -0.05) is 0 Å². The fourth-order valence-corrected chi connectivity index (χ4v) is 2.48. The van der Waals surface area contributed by atoms with Gasteiger partial charge in [0.05, 0.1) is 0 Å². The van der Waals surface area contributed by atoms with E-state index in [9.17, 15) is 9.59 Å². The number of nitrogens with zero attached hydrogens (tertiary/aromatic N) is 1. The van der Waals surface area contributed by atoms with Gasteiger partial charge in [0.15, 0.2) is 0 Å². The molecule has 1 aliphatic heterocycles. The van der Waals surface area contributed by atoms with Crippen LogP contribution in [-0.2, 0) is 9.53 Å². The zero-order valence-electron chi connectivity index (χ0n) is 12.1. The van der Waals surface area contributed by atoms with Gasteiger partial charge in [-0.2, -0.15) is 0 Å². The number of hydrogen-bond donors (Lipinski definition) is 1. The Balaban J connectivity index is 1.68. The van der Waals surface area contributed by atoms with Crippen LogP contribution in [0.15, 0.2) is 0 Å². The summed E-state index contributed by atoms with van der Waals surface area (Å²) >= 11 is 0. The third-order valence-electron chi connectivity index (χ3n) is 3.92. The molecular formula is C14H24N2O3. The third-order valence-corrected chi connectivity index (χ3v) is 3.92. The average molecular weight is 268 g/mol. The minimum Gasteiger partial charge on any atom is -0.444 e. The fourth-order valence-electron chi connectivity index (χ4n) is 2.48. The molecule has 1 aliphatic carbocycles. The molecule has 0 atom stereocenters. The summed E-state index contributed by atoms with van der Waals surface area (Å²) < 4.78 is 5.10. The Kier molecular flexibility index (Phi) is 3.74. The summed E-state index contributed by atoms with van der Waals surface area (Å²) in [6, 6.07) is 0. The Morgan fingerprint density at radius 2 is 1.74 bits per heavy atom. The smallest absolute Gasteiger partial charge is 0.408 e. The van der Waals surface area contributed by atoms with Crippen molar-refractivity contribution in [3.05, 3.63) is 0 Å². The number of amides is 2. The molecule has 0 unspecified atom stereocenters. The summed E-state index contributed by atoms with van der Waals surface area (Å²) in [5, 5.41) is 2.52. The van der Waals surface area contributed by atoms with Gasteiger partial charge in [0.2, 0.25) is 5.91 Å². The lowest BCUT2D eigenvalue weighted by Gasteiger charge is -2.32. The van der Waals surface area contributed by atoms with Crippen molar-refractivity contribution in [1.29, 1.82) is 0 Å². The minimum absolute atomic E-state index is 0.0126. The molecule has 0 bridgehead atoms. The summed E-state index contributed by atoms with van der Waals surface area (Å²) in [7, 11) is 0. The first-order valence-corrected chi connectivity index (χ1v) is 7.04. The standard InChI is InChI=1S/C14H24N2O3/c1-13(2,3)19-12(18)15-10-11(17)16-8-6-14(4-5-14)7-9-16/h4-10H2,1-3H3,(H,15,18). The Labute approximate surface area is 114 Å². The summed E-state index contributed by atoms with van der Waals surface area (Å²) in [5.41, 5.74) is 0.0337. The lowest BCUT2D eigenvalue weighted by molar-refractivity contribution is -0.131. The SMILES string of the molecule is CC(C)(C)OC(=O)NCC(=O)N1CCC2(CC1)CC2.